The van der Waals surface area contributed by atoms with E-state index >= 15 is 0 Å². The molecule has 0 atom stereocenters. The Bertz CT molecular complexity index is 615. The smallest absolute Gasteiger partial charge is 0.264 e. The van der Waals surface area contributed by atoms with Crippen LogP contribution in [-0.2, 0) is 14.3 Å². The van der Waals surface area contributed by atoms with Crippen molar-refractivity contribution in [3.8, 4) is 0 Å². The third kappa shape index (κ3) is 2.07. The van der Waals surface area contributed by atoms with Gasteiger partial charge in [0.2, 0.25) is 0 Å². The molecule has 0 amide bonds. The van der Waals surface area contributed by atoms with Crippen molar-refractivity contribution in [1.82, 2.24) is 0 Å². The number of rotatable bonds is 6. The zero-order valence-corrected chi connectivity index (χ0v) is 15.5. The first kappa shape index (κ1) is 16.1. The molecule has 0 unspecified atom stereocenters. The van der Waals surface area contributed by atoms with Crippen LogP contribution in [0.25, 0.3) is 0 Å². The van der Waals surface area contributed by atoms with E-state index in [2.05, 4.69) is 0 Å². The van der Waals surface area contributed by atoms with E-state index < -0.39 is 10.1 Å². The highest BCUT2D eigenvalue weighted by atomic mass is 32.2. The van der Waals surface area contributed by atoms with Crippen LogP contribution >= 0.6 is 0 Å². The van der Waals surface area contributed by atoms with Gasteiger partial charge >= 0.3 is 0 Å². The number of hydrogen-bond acceptors (Lipinski definition) is 4. The summed E-state index contributed by atoms with van der Waals surface area (Å²) >= 11 is 0. The normalized spacial score (nSPS) is 37.9. The van der Waals surface area contributed by atoms with Crippen molar-refractivity contribution in [3.63, 3.8) is 0 Å². The lowest BCUT2D eigenvalue weighted by Gasteiger charge is -1.99. The van der Waals surface area contributed by atoms with E-state index in [1.165, 1.54) is 51.4 Å². The van der Waals surface area contributed by atoms with Crippen LogP contribution in [0.15, 0.2) is 0 Å². The molecule has 4 spiro atoms. The maximum Gasteiger partial charge on any atom is 0.264 e. The van der Waals surface area contributed by atoms with Crippen LogP contribution < -0.4 is 0 Å². The highest BCUT2D eigenvalue weighted by Gasteiger charge is 2.86. The standard InChI is InChI=1S/C10H16O3S.C9H14O/c1-14(11,12)13-7-2-8-9(3-4-9)10(8)5-6-10;10-6-1-7-8(2-3-8)9(7)4-5-9/h8H,2-7H2,1H3;7,10H,1-6H2. The summed E-state index contributed by atoms with van der Waals surface area (Å²) < 4.78 is 26.3. The van der Waals surface area contributed by atoms with Crippen molar-refractivity contribution in [1.29, 1.82) is 0 Å². The lowest BCUT2D eigenvalue weighted by molar-refractivity contribution is 0.273. The quantitative estimate of drug-likeness (QED) is 0.745. The van der Waals surface area contributed by atoms with Gasteiger partial charge in [0.25, 0.3) is 10.1 Å². The second kappa shape index (κ2) is 4.58. The van der Waals surface area contributed by atoms with Crippen LogP contribution in [0.5, 0.6) is 0 Å². The van der Waals surface area contributed by atoms with Crippen molar-refractivity contribution in [2.45, 2.75) is 64.2 Å². The maximum atomic E-state index is 10.8. The van der Waals surface area contributed by atoms with E-state index in [4.69, 9.17) is 9.29 Å². The van der Waals surface area contributed by atoms with E-state index in [1.807, 2.05) is 0 Å². The van der Waals surface area contributed by atoms with Gasteiger partial charge in [-0.2, -0.15) is 8.42 Å². The maximum absolute atomic E-state index is 10.8. The van der Waals surface area contributed by atoms with E-state index in [0.29, 0.717) is 24.0 Å². The predicted octanol–water partition coefficient (Wildman–Crippen LogP) is 3.10. The molecule has 0 aliphatic heterocycles. The van der Waals surface area contributed by atoms with Gasteiger partial charge in [0, 0.05) is 6.61 Å². The van der Waals surface area contributed by atoms with Gasteiger partial charge in [-0.05, 0) is 97.7 Å². The summed E-state index contributed by atoms with van der Waals surface area (Å²) in [4.78, 5) is 0. The summed E-state index contributed by atoms with van der Waals surface area (Å²) in [6, 6.07) is 0. The first-order valence-corrected chi connectivity index (χ1v) is 11.6. The summed E-state index contributed by atoms with van der Waals surface area (Å²) in [7, 11) is -3.23. The lowest BCUT2D eigenvalue weighted by atomic mass is 10.2. The molecular weight excluding hydrogens is 324 g/mol. The Balaban J connectivity index is 0.000000115. The van der Waals surface area contributed by atoms with Crippen molar-refractivity contribution in [2.24, 2.45) is 33.5 Å². The van der Waals surface area contributed by atoms with Crippen LogP contribution in [-0.4, -0.2) is 33.0 Å². The molecule has 5 heteroatoms. The molecule has 6 aliphatic rings. The van der Waals surface area contributed by atoms with E-state index in [0.717, 1.165) is 41.8 Å². The number of aliphatic hydroxyl groups is 1. The molecule has 136 valence electrons. The van der Waals surface area contributed by atoms with Crippen molar-refractivity contribution < 1.29 is 17.7 Å². The Morgan fingerprint density at radius 3 is 1.50 bits per heavy atom. The summed E-state index contributed by atoms with van der Waals surface area (Å²) in [6.07, 6.45) is 14.7. The second-order valence-corrected chi connectivity index (χ2v) is 11.2. The Morgan fingerprint density at radius 2 is 1.21 bits per heavy atom. The second-order valence-electron chi connectivity index (χ2n) is 9.56. The minimum absolute atomic E-state index is 0.396. The van der Waals surface area contributed by atoms with Crippen LogP contribution in [0.4, 0.5) is 0 Å². The Labute approximate surface area is 145 Å². The molecule has 0 saturated heterocycles. The third-order valence-electron chi connectivity index (χ3n) is 8.76. The van der Waals surface area contributed by atoms with Gasteiger partial charge in [-0.1, -0.05) is 0 Å². The molecule has 0 bridgehead atoms. The lowest BCUT2D eigenvalue weighted by Crippen LogP contribution is -2.05. The summed E-state index contributed by atoms with van der Waals surface area (Å²) in [5, 5.41) is 8.80. The molecule has 0 aromatic carbocycles. The van der Waals surface area contributed by atoms with E-state index in [-0.39, 0.29) is 0 Å². The molecule has 6 rings (SSSR count). The molecular formula is C19H30O4S. The summed E-state index contributed by atoms with van der Waals surface area (Å²) in [5.74, 6) is 1.74. The number of aliphatic hydroxyl groups excluding tert-OH is 1. The molecule has 24 heavy (non-hydrogen) atoms. The third-order valence-corrected chi connectivity index (χ3v) is 9.36. The summed E-state index contributed by atoms with van der Waals surface area (Å²) in [6.45, 7) is 0.821. The molecule has 6 aliphatic carbocycles. The average Bonchev–Trinajstić information content (AvgIpc) is 3.35. The van der Waals surface area contributed by atoms with Crippen LogP contribution in [0.3, 0.4) is 0 Å². The minimum Gasteiger partial charge on any atom is -0.396 e. The topological polar surface area (TPSA) is 63.6 Å². The molecule has 0 aromatic rings. The zero-order chi connectivity index (χ0) is 16.8. The van der Waals surface area contributed by atoms with Gasteiger partial charge in [-0.15, -0.1) is 0 Å². The van der Waals surface area contributed by atoms with Crippen molar-refractivity contribution in [3.05, 3.63) is 0 Å². The SMILES string of the molecule is CS(=O)(=O)OCCC1C2(CC2)C12CC2.OCCC1C2(CC2)C12CC2. The van der Waals surface area contributed by atoms with Crippen LogP contribution in [0.1, 0.15) is 64.2 Å². The summed E-state index contributed by atoms with van der Waals surface area (Å²) in [5.41, 5.74) is 2.98. The van der Waals surface area contributed by atoms with E-state index in [1.54, 1.807) is 0 Å². The molecule has 6 saturated carbocycles. The Hall–Kier alpha value is -0.130. The van der Waals surface area contributed by atoms with Crippen molar-refractivity contribution in [2.75, 3.05) is 19.5 Å². The average molecular weight is 355 g/mol. The zero-order valence-electron chi connectivity index (χ0n) is 14.7. The number of fused-ring (bicyclic) bond motifs is 2. The van der Waals surface area contributed by atoms with Gasteiger partial charge in [-0.25, -0.2) is 0 Å². The van der Waals surface area contributed by atoms with Crippen LogP contribution in [0.2, 0.25) is 0 Å². The van der Waals surface area contributed by atoms with Gasteiger partial charge in [0.1, 0.15) is 0 Å². The minimum atomic E-state index is -3.23. The van der Waals surface area contributed by atoms with Crippen molar-refractivity contribution >= 4 is 10.1 Å². The Morgan fingerprint density at radius 1 is 0.833 bits per heavy atom. The molecule has 4 nitrogen and oxygen atoms in total. The van der Waals surface area contributed by atoms with Gasteiger partial charge < -0.3 is 5.11 Å². The molecule has 0 heterocycles. The monoisotopic (exact) mass is 354 g/mol. The highest BCUT2D eigenvalue weighted by molar-refractivity contribution is 7.85. The fourth-order valence-corrected chi connectivity index (χ4v) is 7.56. The first-order valence-electron chi connectivity index (χ1n) is 9.81. The number of hydrogen-bond donors (Lipinski definition) is 1. The predicted molar refractivity (Wildman–Crippen MR) is 90.8 cm³/mol. The first-order chi connectivity index (χ1) is 11.4. The fraction of sp³-hybridized carbons (Fsp3) is 1.00. The van der Waals surface area contributed by atoms with E-state index in [9.17, 15) is 8.42 Å². The molecule has 6 fully saturated rings. The highest BCUT2D eigenvalue weighted by Crippen LogP contribution is 2.93. The molecule has 1 N–H and O–H groups in total. The Kier molecular flexibility index (Phi) is 3.07. The van der Waals surface area contributed by atoms with Gasteiger partial charge in [0.05, 0.1) is 12.9 Å². The van der Waals surface area contributed by atoms with Crippen LogP contribution in [0, 0.1) is 33.5 Å². The largest absolute Gasteiger partial charge is 0.396 e. The van der Waals surface area contributed by atoms with Gasteiger partial charge in [0.15, 0.2) is 0 Å². The van der Waals surface area contributed by atoms with Gasteiger partial charge in [-0.3, -0.25) is 4.18 Å². The molecule has 0 radical (unpaired) electrons. The molecule has 0 aromatic heterocycles. The fourth-order valence-electron chi connectivity index (χ4n) is 7.16.